The topological polar surface area (TPSA) is 75.6 Å². The number of nitrogens with one attached hydrogen (secondary N) is 1. The molecule has 0 aliphatic heterocycles. The van der Waals surface area contributed by atoms with Gasteiger partial charge >= 0.3 is 5.97 Å². The monoisotopic (exact) mass is 341 g/mol. The van der Waals surface area contributed by atoms with Crippen molar-refractivity contribution in [1.29, 1.82) is 0 Å². The highest BCUT2D eigenvalue weighted by molar-refractivity contribution is 5.97. The van der Waals surface area contributed by atoms with Gasteiger partial charge in [-0.2, -0.15) is 0 Å². The lowest BCUT2D eigenvalue weighted by Crippen LogP contribution is -2.24. The number of aliphatic carboxylic acids is 1. The number of carboxylic acid groups (broad SMARTS) is 1. The number of carbonyl (C=O) groups excluding carboxylic acids is 1. The van der Waals surface area contributed by atoms with E-state index in [9.17, 15) is 9.59 Å². The van der Waals surface area contributed by atoms with Crippen LogP contribution in [0.15, 0.2) is 42.5 Å². The molecule has 2 rings (SSSR count). The minimum absolute atomic E-state index is 0.0791. The summed E-state index contributed by atoms with van der Waals surface area (Å²) in [4.78, 5) is 22.8. The molecule has 2 aromatic carbocycles. The van der Waals surface area contributed by atoms with E-state index in [0.29, 0.717) is 25.3 Å². The van der Waals surface area contributed by atoms with Gasteiger partial charge in [0.2, 0.25) is 0 Å². The van der Waals surface area contributed by atoms with Crippen molar-refractivity contribution in [3.63, 3.8) is 0 Å². The number of amides is 1. The Morgan fingerprint density at radius 2 is 1.68 bits per heavy atom. The third-order valence-electron chi connectivity index (χ3n) is 3.89. The molecule has 0 atom stereocenters. The summed E-state index contributed by atoms with van der Waals surface area (Å²) < 4.78 is 5.49. The van der Waals surface area contributed by atoms with Crippen LogP contribution in [0.2, 0.25) is 0 Å². The maximum atomic E-state index is 12.4. The summed E-state index contributed by atoms with van der Waals surface area (Å²) in [6.07, 6.45) is 0.575. The van der Waals surface area contributed by atoms with Crippen LogP contribution in [0.3, 0.4) is 0 Å². The molecular weight excluding hydrogens is 318 g/mol. The normalized spacial score (nSPS) is 10.3. The molecule has 0 saturated carbocycles. The second kappa shape index (κ2) is 8.87. The number of hydrogen-bond acceptors (Lipinski definition) is 3. The summed E-state index contributed by atoms with van der Waals surface area (Å²) in [5, 5.41) is 11.5. The Morgan fingerprint density at radius 1 is 1.04 bits per heavy atom. The van der Waals surface area contributed by atoms with Crippen molar-refractivity contribution in [3.8, 4) is 5.75 Å². The Morgan fingerprint density at radius 3 is 2.28 bits per heavy atom. The Kier molecular flexibility index (Phi) is 6.57. The zero-order valence-electron chi connectivity index (χ0n) is 14.5. The first-order chi connectivity index (χ1) is 12.0. The van der Waals surface area contributed by atoms with E-state index in [1.165, 1.54) is 0 Å². The fourth-order valence-electron chi connectivity index (χ4n) is 2.56. The van der Waals surface area contributed by atoms with Crippen molar-refractivity contribution in [1.82, 2.24) is 5.32 Å². The van der Waals surface area contributed by atoms with Crippen molar-refractivity contribution in [2.75, 3.05) is 6.61 Å². The van der Waals surface area contributed by atoms with Gasteiger partial charge < -0.3 is 15.2 Å². The first-order valence-corrected chi connectivity index (χ1v) is 8.25. The molecule has 0 spiro atoms. The van der Waals surface area contributed by atoms with Crippen LogP contribution in [0.1, 0.15) is 39.9 Å². The van der Waals surface area contributed by atoms with Crippen LogP contribution in [0.4, 0.5) is 0 Å². The van der Waals surface area contributed by atoms with Gasteiger partial charge in [0.05, 0.1) is 6.61 Å². The van der Waals surface area contributed by atoms with Crippen molar-refractivity contribution in [3.05, 3.63) is 64.7 Å². The molecule has 1 amide bonds. The van der Waals surface area contributed by atoms with Gasteiger partial charge in [-0.1, -0.05) is 30.3 Å². The van der Waals surface area contributed by atoms with Crippen LogP contribution < -0.4 is 10.1 Å². The van der Waals surface area contributed by atoms with Crippen LogP contribution in [0.5, 0.6) is 5.75 Å². The van der Waals surface area contributed by atoms with Gasteiger partial charge in [0, 0.05) is 18.5 Å². The Labute approximate surface area is 147 Å². The highest BCUT2D eigenvalue weighted by Crippen LogP contribution is 2.15. The smallest absolute Gasteiger partial charge is 0.303 e. The molecule has 0 aromatic heterocycles. The van der Waals surface area contributed by atoms with E-state index < -0.39 is 5.97 Å². The van der Waals surface area contributed by atoms with E-state index in [1.807, 2.05) is 56.3 Å². The van der Waals surface area contributed by atoms with E-state index in [1.54, 1.807) is 0 Å². The highest BCUT2D eigenvalue weighted by Gasteiger charge is 2.11. The van der Waals surface area contributed by atoms with E-state index >= 15 is 0 Å². The van der Waals surface area contributed by atoms with Gasteiger partial charge in [-0.25, -0.2) is 0 Å². The molecule has 0 heterocycles. The molecule has 25 heavy (non-hydrogen) atoms. The van der Waals surface area contributed by atoms with Crippen molar-refractivity contribution in [2.24, 2.45) is 0 Å². The molecule has 0 aliphatic carbocycles. The molecule has 0 unspecified atom stereocenters. The van der Waals surface area contributed by atoms with E-state index in [0.717, 1.165) is 22.3 Å². The predicted molar refractivity (Wildman–Crippen MR) is 95.9 cm³/mol. The Balaban J connectivity index is 1.85. The second-order valence-corrected chi connectivity index (χ2v) is 5.94. The van der Waals surface area contributed by atoms with Crippen molar-refractivity contribution in [2.45, 2.75) is 33.2 Å². The summed E-state index contributed by atoms with van der Waals surface area (Å²) in [6.45, 7) is 4.66. The average molecular weight is 341 g/mol. The number of carboxylic acids is 1. The molecule has 2 aromatic rings. The number of ether oxygens (including phenoxy) is 1. The van der Waals surface area contributed by atoms with Gasteiger partial charge in [0.1, 0.15) is 5.75 Å². The van der Waals surface area contributed by atoms with E-state index in [2.05, 4.69) is 5.32 Å². The van der Waals surface area contributed by atoms with Gasteiger partial charge in [-0.3, -0.25) is 9.59 Å². The summed E-state index contributed by atoms with van der Waals surface area (Å²) >= 11 is 0. The molecule has 5 heteroatoms. The zero-order valence-corrected chi connectivity index (χ0v) is 14.5. The SMILES string of the molecule is Cc1cccc(C)c1C(=O)NCc1ccc(OCCCC(=O)O)cc1. The number of carbonyl (C=O) groups is 2. The summed E-state index contributed by atoms with van der Waals surface area (Å²) in [5.41, 5.74) is 3.61. The fraction of sp³-hybridized carbons (Fsp3) is 0.300. The third-order valence-corrected chi connectivity index (χ3v) is 3.89. The van der Waals surface area contributed by atoms with Crippen LogP contribution in [-0.4, -0.2) is 23.6 Å². The molecule has 0 saturated heterocycles. The fourth-order valence-corrected chi connectivity index (χ4v) is 2.56. The van der Waals surface area contributed by atoms with Gasteiger partial charge in [0.15, 0.2) is 0 Å². The van der Waals surface area contributed by atoms with Crippen molar-refractivity contribution < 1.29 is 19.4 Å². The summed E-state index contributed by atoms with van der Waals surface area (Å²) in [7, 11) is 0. The number of rotatable bonds is 8. The van der Waals surface area contributed by atoms with E-state index in [4.69, 9.17) is 9.84 Å². The molecule has 0 radical (unpaired) electrons. The molecule has 0 aliphatic rings. The van der Waals surface area contributed by atoms with Crippen LogP contribution in [0, 0.1) is 13.8 Å². The molecule has 0 bridgehead atoms. The Hall–Kier alpha value is -2.82. The van der Waals surface area contributed by atoms with Gasteiger partial charge in [-0.15, -0.1) is 0 Å². The Bertz CT molecular complexity index is 718. The second-order valence-electron chi connectivity index (χ2n) is 5.94. The molecule has 5 nitrogen and oxygen atoms in total. The lowest BCUT2D eigenvalue weighted by molar-refractivity contribution is -0.137. The maximum absolute atomic E-state index is 12.4. The van der Waals surface area contributed by atoms with Crippen LogP contribution >= 0.6 is 0 Å². The molecule has 0 fully saturated rings. The quantitative estimate of drug-likeness (QED) is 0.721. The lowest BCUT2D eigenvalue weighted by atomic mass is 10.0. The first kappa shape index (κ1) is 18.5. The van der Waals surface area contributed by atoms with E-state index in [-0.39, 0.29) is 12.3 Å². The standard InChI is InChI=1S/C20H23NO4/c1-14-5-3-6-15(2)19(14)20(24)21-13-16-8-10-17(11-9-16)25-12-4-7-18(22)23/h3,5-6,8-11H,4,7,12-13H2,1-2H3,(H,21,24)(H,22,23). The minimum Gasteiger partial charge on any atom is -0.494 e. The van der Waals surface area contributed by atoms with Gasteiger partial charge in [-0.05, 0) is 49.1 Å². The number of hydrogen-bond donors (Lipinski definition) is 2. The maximum Gasteiger partial charge on any atom is 0.303 e. The van der Waals surface area contributed by atoms with Crippen LogP contribution in [-0.2, 0) is 11.3 Å². The van der Waals surface area contributed by atoms with Crippen molar-refractivity contribution >= 4 is 11.9 Å². The zero-order chi connectivity index (χ0) is 18.2. The summed E-state index contributed by atoms with van der Waals surface area (Å²) in [6, 6.07) is 13.2. The third kappa shape index (κ3) is 5.64. The van der Waals surface area contributed by atoms with Crippen LogP contribution in [0.25, 0.3) is 0 Å². The first-order valence-electron chi connectivity index (χ1n) is 8.25. The lowest BCUT2D eigenvalue weighted by Gasteiger charge is -2.11. The number of aryl methyl sites for hydroxylation is 2. The average Bonchev–Trinajstić information content (AvgIpc) is 2.57. The summed E-state index contributed by atoms with van der Waals surface area (Å²) in [5.74, 6) is -0.210. The largest absolute Gasteiger partial charge is 0.494 e. The molecular formula is C20H23NO4. The highest BCUT2D eigenvalue weighted by atomic mass is 16.5. The van der Waals surface area contributed by atoms with Gasteiger partial charge in [0.25, 0.3) is 5.91 Å². The number of benzene rings is 2. The molecule has 132 valence electrons. The molecule has 2 N–H and O–H groups in total. The predicted octanol–water partition coefficient (Wildman–Crippen LogP) is 3.48. The minimum atomic E-state index is -0.821.